The second-order valence-corrected chi connectivity index (χ2v) is 3.87. The molecule has 0 radical (unpaired) electrons. The summed E-state index contributed by atoms with van der Waals surface area (Å²) in [6.45, 7) is 2.55. The van der Waals surface area contributed by atoms with Gasteiger partial charge in [-0.3, -0.25) is 10.1 Å². The van der Waals surface area contributed by atoms with E-state index in [1.54, 1.807) is 7.11 Å². The number of benzene rings is 1. The molecule has 0 aliphatic heterocycles. The molecule has 4 nitrogen and oxygen atoms in total. The molecular formula is C14H18N2O2. The zero-order chi connectivity index (χ0) is 13.4. The first-order valence-electron chi connectivity index (χ1n) is 5.75. The van der Waals surface area contributed by atoms with Crippen LogP contribution >= 0.6 is 0 Å². The zero-order valence-corrected chi connectivity index (χ0v) is 10.7. The Labute approximate surface area is 108 Å². The van der Waals surface area contributed by atoms with Gasteiger partial charge in [-0.15, -0.1) is 6.42 Å². The van der Waals surface area contributed by atoms with Gasteiger partial charge in [-0.05, 0) is 24.6 Å². The van der Waals surface area contributed by atoms with Crippen LogP contribution in [0.15, 0.2) is 24.3 Å². The maximum Gasteiger partial charge on any atom is 0.234 e. The lowest BCUT2D eigenvalue weighted by atomic mass is 10.1. The largest absolute Gasteiger partial charge is 0.497 e. The highest BCUT2D eigenvalue weighted by Gasteiger charge is 2.08. The first-order chi connectivity index (χ1) is 8.67. The molecule has 0 saturated carbocycles. The van der Waals surface area contributed by atoms with Gasteiger partial charge in [-0.2, -0.15) is 0 Å². The molecule has 0 bridgehead atoms. The molecule has 4 heteroatoms. The van der Waals surface area contributed by atoms with Crippen molar-refractivity contribution in [3.05, 3.63) is 29.8 Å². The molecular weight excluding hydrogens is 228 g/mol. The average molecular weight is 246 g/mol. The minimum atomic E-state index is -0.0754. The number of ether oxygens (including phenoxy) is 1. The van der Waals surface area contributed by atoms with Gasteiger partial charge in [0.2, 0.25) is 5.91 Å². The molecule has 0 heterocycles. The number of carbonyl (C=O) groups excluding carboxylic acids is 1. The van der Waals surface area contributed by atoms with Gasteiger partial charge in [0, 0.05) is 0 Å². The molecule has 0 unspecified atom stereocenters. The summed E-state index contributed by atoms with van der Waals surface area (Å²) in [6.07, 6.45) is 5.08. The maximum atomic E-state index is 11.6. The highest BCUT2D eigenvalue weighted by Crippen LogP contribution is 2.16. The summed E-state index contributed by atoms with van der Waals surface area (Å²) in [5.41, 5.74) is 1.03. The van der Waals surface area contributed by atoms with Crippen molar-refractivity contribution in [2.45, 2.75) is 13.0 Å². The number of amides is 1. The molecule has 0 aliphatic rings. The summed E-state index contributed by atoms with van der Waals surface area (Å²) in [7, 11) is 1.62. The molecule has 2 N–H and O–H groups in total. The average Bonchev–Trinajstić information content (AvgIpc) is 2.39. The van der Waals surface area contributed by atoms with Crippen LogP contribution in [0.1, 0.15) is 18.5 Å². The first-order valence-corrected chi connectivity index (χ1v) is 5.75. The second kappa shape index (κ2) is 7.36. The molecule has 96 valence electrons. The lowest BCUT2D eigenvalue weighted by molar-refractivity contribution is -0.120. The summed E-state index contributed by atoms with van der Waals surface area (Å²) < 4.78 is 5.08. The van der Waals surface area contributed by atoms with Gasteiger partial charge in [0.1, 0.15) is 5.75 Å². The molecule has 18 heavy (non-hydrogen) atoms. The summed E-state index contributed by atoms with van der Waals surface area (Å²) >= 11 is 0. The number of hydrogen-bond acceptors (Lipinski definition) is 3. The molecule has 0 spiro atoms. The summed E-state index contributed by atoms with van der Waals surface area (Å²) in [6, 6.07) is 7.55. The van der Waals surface area contributed by atoms with Gasteiger partial charge in [-0.25, -0.2) is 0 Å². The highest BCUT2D eigenvalue weighted by atomic mass is 16.5. The van der Waals surface area contributed by atoms with Crippen molar-refractivity contribution in [3.8, 4) is 18.1 Å². The predicted molar refractivity (Wildman–Crippen MR) is 71.3 cm³/mol. The highest BCUT2D eigenvalue weighted by molar-refractivity contribution is 5.78. The normalized spacial score (nSPS) is 11.4. The van der Waals surface area contributed by atoms with Crippen LogP contribution in [0.25, 0.3) is 0 Å². The van der Waals surface area contributed by atoms with Crippen LogP contribution in [0, 0.1) is 12.3 Å². The molecule has 1 aromatic carbocycles. The van der Waals surface area contributed by atoms with Gasteiger partial charge >= 0.3 is 0 Å². The Kier molecular flexibility index (Phi) is 5.75. The fourth-order valence-electron chi connectivity index (χ4n) is 1.52. The van der Waals surface area contributed by atoms with Crippen molar-refractivity contribution in [1.82, 2.24) is 10.6 Å². The SMILES string of the molecule is C#CCNCC(=O)N[C@H](C)c1ccc(OC)cc1. The van der Waals surface area contributed by atoms with E-state index in [2.05, 4.69) is 16.6 Å². The number of carbonyl (C=O) groups is 1. The second-order valence-electron chi connectivity index (χ2n) is 3.87. The van der Waals surface area contributed by atoms with Crippen LogP contribution in [0.4, 0.5) is 0 Å². The predicted octanol–water partition coefficient (Wildman–Crippen LogP) is 1.10. The third-order valence-electron chi connectivity index (χ3n) is 2.51. The van der Waals surface area contributed by atoms with Crippen LogP contribution in [-0.2, 0) is 4.79 Å². The maximum absolute atomic E-state index is 11.6. The number of hydrogen-bond donors (Lipinski definition) is 2. The number of nitrogens with one attached hydrogen (secondary N) is 2. The molecule has 0 aromatic heterocycles. The van der Waals surface area contributed by atoms with Crippen molar-refractivity contribution >= 4 is 5.91 Å². The Bertz CT molecular complexity index is 420. The van der Waals surface area contributed by atoms with Crippen molar-refractivity contribution in [2.24, 2.45) is 0 Å². The van der Waals surface area contributed by atoms with Crippen LogP contribution in [0.2, 0.25) is 0 Å². The first kappa shape index (κ1) is 14.1. The summed E-state index contributed by atoms with van der Waals surface area (Å²) in [5, 5.41) is 5.72. The molecule has 1 rings (SSSR count). The minimum absolute atomic E-state index is 0.0453. The molecule has 0 saturated heterocycles. The Morgan fingerprint density at radius 2 is 2.11 bits per heavy atom. The molecule has 1 aromatic rings. The molecule has 1 atom stereocenters. The monoisotopic (exact) mass is 246 g/mol. The quantitative estimate of drug-likeness (QED) is 0.583. The van der Waals surface area contributed by atoms with Crippen LogP contribution in [-0.4, -0.2) is 26.1 Å². The van der Waals surface area contributed by atoms with Crippen molar-refractivity contribution in [3.63, 3.8) is 0 Å². The summed E-state index contributed by atoms with van der Waals surface area (Å²) in [4.78, 5) is 11.6. The number of terminal acetylenes is 1. The molecule has 0 fully saturated rings. The van der Waals surface area contributed by atoms with Gasteiger partial charge in [0.05, 0.1) is 26.2 Å². The van der Waals surface area contributed by atoms with Crippen LogP contribution in [0.5, 0.6) is 5.75 Å². The van der Waals surface area contributed by atoms with Gasteiger partial charge < -0.3 is 10.1 Å². The Hall–Kier alpha value is -1.99. The van der Waals surface area contributed by atoms with E-state index in [-0.39, 0.29) is 18.5 Å². The smallest absolute Gasteiger partial charge is 0.234 e. The van der Waals surface area contributed by atoms with Crippen LogP contribution < -0.4 is 15.4 Å². The van der Waals surface area contributed by atoms with E-state index in [0.29, 0.717) is 6.54 Å². The Balaban J connectivity index is 2.46. The van der Waals surface area contributed by atoms with Gasteiger partial charge in [0.15, 0.2) is 0 Å². The van der Waals surface area contributed by atoms with E-state index in [1.807, 2.05) is 31.2 Å². The van der Waals surface area contributed by atoms with E-state index < -0.39 is 0 Å². The summed E-state index contributed by atoms with van der Waals surface area (Å²) in [5.74, 6) is 3.14. The van der Waals surface area contributed by atoms with E-state index in [9.17, 15) is 4.79 Å². The lowest BCUT2D eigenvalue weighted by Crippen LogP contribution is -2.35. The van der Waals surface area contributed by atoms with E-state index in [4.69, 9.17) is 11.2 Å². The molecule has 0 aliphatic carbocycles. The third-order valence-corrected chi connectivity index (χ3v) is 2.51. The Morgan fingerprint density at radius 1 is 1.44 bits per heavy atom. The van der Waals surface area contributed by atoms with E-state index >= 15 is 0 Å². The van der Waals surface area contributed by atoms with E-state index in [0.717, 1.165) is 11.3 Å². The molecule has 1 amide bonds. The van der Waals surface area contributed by atoms with Crippen molar-refractivity contribution in [2.75, 3.05) is 20.2 Å². The zero-order valence-electron chi connectivity index (χ0n) is 10.7. The van der Waals surface area contributed by atoms with Crippen molar-refractivity contribution < 1.29 is 9.53 Å². The van der Waals surface area contributed by atoms with E-state index in [1.165, 1.54) is 0 Å². The Morgan fingerprint density at radius 3 is 2.67 bits per heavy atom. The lowest BCUT2D eigenvalue weighted by Gasteiger charge is -2.14. The van der Waals surface area contributed by atoms with Gasteiger partial charge in [-0.1, -0.05) is 18.1 Å². The standard InChI is InChI=1S/C14H18N2O2/c1-4-9-15-10-14(17)16-11(2)12-5-7-13(18-3)8-6-12/h1,5-8,11,15H,9-10H2,2-3H3,(H,16,17)/t11-/m1/s1. The van der Waals surface area contributed by atoms with Crippen LogP contribution in [0.3, 0.4) is 0 Å². The number of methoxy groups -OCH3 is 1. The van der Waals surface area contributed by atoms with Crippen molar-refractivity contribution in [1.29, 1.82) is 0 Å². The fourth-order valence-corrected chi connectivity index (χ4v) is 1.52. The third kappa shape index (κ3) is 4.48. The minimum Gasteiger partial charge on any atom is -0.497 e. The number of rotatable bonds is 6. The van der Waals surface area contributed by atoms with Gasteiger partial charge in [0.25, 0.3) is 0 Å². The topological polar surface area (TPSA) is 50.4 Å². The fraction of sp³-hybridized carbons (Fsp3) is 0.357.